The van der Waals surface area contributed by atoms with E-state index < -0.39 is 5.82 Å². The van der Waals surface area contributed by atoms with Crippen LogP contribution in [0.25, 0.3) is 0 Å². The summed E-state index contributed by atoms with van der Waals surface area (Å²) in [6.07, 6.45) is 2.66. The molecule has 2 atom stereocenters. The van der Waals surface area contributed by atoms with Gasteiger partial charge < -0.3 is 5.32 Å². The molecule has 0 aromatic heterocycles. The van der Waals surface area contributed by atoms with Crippen LogP contribution in [0.2, 0.25) is 5.02 Å². The van der Waals surface area contributed by atoms with Crippen molar-refractivity contribution in [2.75, 3.05) is 13.1 Å². The van der Waals surface area contributed by atoms with Crippen LogP contribution in [0.1, 0.15) is 41.2 Å². The molecule has 2 aromatic carbocycles. The SMILES string of the molecule is O=C(NC1CCN(C2CC(c3ccc(F)cc3)NN2)CC1)c1cc(F)ccc1Cl. The summed E-state index contributed by atoms with van der Waals surface area (Å²) < 4.78 is 26.5. The maximum Gasteiger partial charge on any atom is 0.253 e. The van der Waals surface area contributed by atoms with E-state index in [2.05, 4.69) is 21.1 Å². The van der Waals surface area contributed by atoms with Gasteiger partial charge in [-0.3, -0.25) is 9.69 Å². The fraction of sp³-hybridized carbons (Fsp3) is 0.381. The largest absolute Gasteiger partial charge is 0.349 e. The zero-order chi connectivity index (χ0) is 20.4. The van der Waals surface area contributed by atoms with Gasteiger partial charge in [-0.25, -0.2) is 19.6 Å². The first kappa shape index (κ1) is 20.2. The lowest BCUT2D eigenvalue weighted by atomic mass is 10.0. The van der Waals surface area contributed by atoms with Crippen molar-refractivity contribution in [2.24, 2.45) is 0 Å². The van der Waals surface area contributed by atoms with Crippen LogP contribution in [0.3, 0.4) is 0 Å². The van der Waals surface area contributed by atoms with Crippen molar-refractivity contribution in [1.82, 2.24) is 21.1 Å². The molecule has 8 heteroatoms. The van der Waals surface area contributed by atoms with Gasteiger partial charge in [-0.1, -0.05) is 23.7 Å². The molecular formula is C21H23ClF2N4O. The van der Waals surface area contributed by atoms with E-state index in [9.17, 15) is 13.6 Å². The lowest BCUT2D eigenvalue weighted by Crippen LogP contribution is -2.51. The molecule has 1 amide bonds. The number of nitrogens with one attached hydrogen (secondary N) is 3. The highest BCUT2D eigenvalue weighted by Gasteiger charge is 2.32. The summed E-state index contributed by atoms with van der Waals surface area (Å²) in [5.41, 5.74) is 7.82. The van der Waals surface area contributed by atoms with Gasteiger partial charge in [0, 0.05) is 25.2 Å². The van der Waals surface area contributed by atoms with E-state index in [1.807, 2.05) is 0 Å². The van der Waals surface area contributed by atoms with E-state index in [0.29, 0.717) is 0 Å². The molecule has 0 radical (unpaired) electrons. The lowest BCUT2D eigenvalue weighted by Gasteiger charge is -2.35. The van der Waals surface area contributed by atoms with Gasteiger partial charge in [0.15, 0.2) is 0 Å². The Bertz CT molecular complexity index is 871. The normalized spacial score (nSPS) is 23.3. The third-order valence-corrected chi connectivity index (χ3v) is 5.96. The van der Waals surface area contributed by atoms with Gasteiger partial charge in [-0.15, -0.1) is 0 Å². The first-order valence-electron chi connectivity index (χ1n) is 9.76. The number of halogens is 3. The summed E-state index contributed by atoms with van der Waals surface area (Å²) >= 11 is 6.02. The number of amides is 1. The predicted octanol–water partition coefficient (Wildman–Crippen LogP) is 3.38. The fourth-order valence-corrected chi connectivity index (χ4v) is 4.19. The maximum atomic E-state index is 13.4. The quantitative estimate of drug-likeness (QED) is 0.709. The Morgan fingerprint density at radius 3 is 2.45 bits per heavy atom. The molecule has 154 valence electrons. The molecule has 0 aliphatic carbocycles. The molecule has 0 bridgehead atoms. The third kappa shape index (κ3) is 4.75. The highest BCUT2D eigenvalue weighted by atomic mass is 35.5. The fourth-order valence-electron chi connectivity index (χ4n) is 3.98. The molecule has 2 fully saturated rings. The van der Waals surface area contributed by atoms with Gasteiger partial charge in [0.1, 0.15) is 11.6 Å². The highest BCUT2D eigenvalue weighted by Crippen LogP contribution is 2.26. The van der Waals surface area contributed by atoms with Crippen molar-refractivity contribution in [3.8, 4) is 0 Å². The Morgan fingerprint density at radius 1 is 1.03 bits per heavy atom. The highest BCUT2D eigenvalue weighted by molar-refractivity contribution is 6.33. The second-order valence-corrected chi connectivity index (χ2v) is 7.96. The second-order valence-electron chi connectivity index (χ2n) is 7.55. The molecule has 4 rings (SSSR count). The van der Waals surface area contributed by atoms with Crippen molar-refractivity contribution < 1.29 is 13.6 Å². The Morgan fingerprint density at radius 2 is 1.72 bits per heavy atom. The summed E-state index contributed by atoms with van der Waals surface area (Å²) in [5.74, 6) is -1.06. The van der Waals surface area contributed by atoms with Crippen LogP contribution < -0.4 is 16.2 Å². The van der Waals surface area contributed by atoms with E-state index >= 15 is 0 Å². The molecule has 3 N–H and O–H groups in total. The smallest absolute Gasteiger partial charge is 0.253 e. The van der Waals surface area contributed by atoms with E-state index in [0.717, 1.165) is 44.0 Å². The molecule has 2 saturated heterocycles. The van der Waals surface area contributed by atoms with Crippen molar-refractivity contribution in [1.29, 1.82) is 0 Å². The van der Waals surface area contributed by atoms with Crippen molar-refractivity contribution in [3.05, 3.63) is 70.2 Å². The van der Waals surface area contributed by atoms with E-state index in [1.165, 1.54) is 24.3 Å². The molecule has 2 aliphatic heterocycles. The number of rotatable bonds is 4. The number of nitrogens with zero attached hydrogens (tertiary/aromatic N) is 1. The Labute approximate surface area is 173 Å². The minimum atomic E-state index is -0.482. The standard InChI is InChI=1S/C21H23ClF2N4O/c22-18-6-5-15(24)11-17(18)21(29)25-16-7-9-28(10-8-16)20-12-19(26-27-20)13-1-3-14(23)4-2-13/h1-6,11,16,19-20,26-27H,7-10,12H2,(H,25,29). The summed E-state index contributed by atoms with van der Waals surface area (Å²) in [5, 5.41) is 3.21. The molecular weight excluding hydrogens is 398 g/mol. The monoisotopic (exact) mass is 420 g/mol. The topological polar surface area (TPSA) is 56.4 Å². The van der Waals surface area contributed by atoms with Gasteiger partial charge in [-0.05, 0) is 55.2 Å². The number of hydrogen-bond donors (Lipinski definition) is 3. The van der Waals surface area contributed by atoms with E-state index in [4.69, 9.17) is 11.6 Å². The van der Waals surface area contributed by atoms with Crippen LogP contribution in [0, 0.1) is 11.6 Å². The van der Waals surface area contributed by atoms with Crippen LogP contribution in [-0.2, 0) is 0 Å². The Balaban J connectivity index is 1.28. The van der Waals surface area contributed by atoms with Crippen molar-refractivity contribution in [2.45, 2.75) is 37.5 Å². The van der Waals surface area contributed by atoms with Gasteiger partial charge in [0.05, 0.1) is 16.8 Å². The van der Waals surface area contributed by atoms with E-state index in [-0.39, 0.29) is 40.6 Å². The second kappa shape index (κ2) is 8.75. The maximum absolute atomic E-state index is 13.4. The molecule has 29 heavy (non-hydrogen) atoms. The summed E-state index contributed by atoms with van der Waals surface area (Å²) in [6, 6.07) is 10.5. The first-order chi connectivity index (χ1) is 14.0. The molecule has 5 nitrogen and oxygen atoms in total. The average Bonchev–Trinajstić information content (AvgIpc) is 3.21. The number of benzene rings is 2. The minimum absolute atomic E-state index is 0.0281. The summed E-state index contributed by atoms with van der Waals surface area (Å²) in [6.45, 7) is 1.66. The van der Waals surface area contributed by atoms with Crippen LogP contribution in [0.4, 0.5) is 8.78 Å². The molecule has 0 spiro atoms. The van der Waals surface area contributed by atoms with Crippen LogP contribution >= 0.6 is 11.6 Å². The average molecular weight is 421 g/mol. The number of likely N-dealkylation sites (tertiary alicyclic amines) is 1. The van der Waals surface area contributed by atoms with Crippen molar-refractivity contribution >= 4 is 17.5 Å². The van der Waals surface area contributed by atoms with Crippen LogP contribution in [-0.4, -0.2) is 36.1 Å². The number of hydrazine groups is 1. The Kier molecular flexibility index (Phi) is 6.10. The first-order valence-corrected chi connectivity index (χ1v) is 10.1. The summed E-state index contributed by atoms with van der Waals surface area (Å²) in [4.78, 5) is 14.8. The third-order valence-electron chi connectivity index (χ3n) is 5.63. The van der Waals surface area contributed by atoms with Crippen LogP contribution in [0.15, 0.2) is 42.5 Å². The minimum Gasteiger partial charge on any atom is -0.349 e. The number of carbonyl (C=O) groups excluding carboxylic acids is 1. The van der Waals surface area contributed by atoms with Gasteiger partial charge >= 0.3 is 0 Å². The van der Waals surface area contributed by atoms with Crippen molar-refractivity contribution in [3.63, 3.8) is 0 Å². The lowest BCUT2D eigenvalue weighted by molar-refractivity contribution is 0.0879. The molecule has 2 aliphatic rings. The molecule has 0 saturated carbocycles. The molecule has 2 unspecified atom stereocenters. The number of carbonyl (C=O) groups is 1. The summed E-state index contributed by atoms with van der Waals surface area (Å²) in [7, 11) is 0. The molecule has 2 heterocycles. The molecule has 2 aromatic rings. The van der Waals surface area contributed by atoms with Gasteiger partial charge in [0.2, 0.25) is 0 Å². The number of piperidine rings is 1. The van der Waals surface area contributed by atoms with Gasteiger partial charge in [0.25, 0.3) is 5.91 Å². The zero-order valence-corrected chi connectivity index (χ0v) is 16.6. The number of hydrogen-bond acceptors (Lipinski definition) is 4. The zero-order valence-electron chi connectivity index (χ0n) is 15.8. The van der Waals surface area contributed by atoms with Gasteiger partial charge in [-0.2, -0.15) is 0 Å². The Hall–Kier alpha value is -2.06. The predicted molar refractivity (Wildman–Crippen MR) is 107 cm³/mol. The van der Waals surface area contributed by atoms with E-state index in [1.54, 1.807) is 12.1 Å². The van der Waals surface area contributed by atoms with Crippen LogP contribution in [0.5, 0.6) is 0 Å².